The van der Waals surface area contributed by atoms with Crippen LogP contribution >= 0.6 is 0 Å². The summed E-state index contributed by atoms with van der Waals surface area (Å²) < 4.78 is 32.1. The van der Waals surface area contributed by atoms with Crippen molar-refractivity contribution in [3.05, 3.63) is 59.2 Å². The Morgan fingerprint density at radius 2 is 1.77 bits per heavy atom. The second-order valence-electron chi connectivity index (χ2n) is 8.98. The van der Waals surface area contributed by atoms with Crippen molar-refractivity contribution in [2.45, 2.75) is 24.3 Å². The molecule has 1 aliphatic carbocycles. The van der Waals surface area contributed by atoms with E-state index < -0.39 is 10.0 Å². The van der Waals surface area contributed by atoms with Gasteiger partial charge in [-0.1, -0.05) is 12.1 Å². The number of sulfonamides is 1. The van der Waals surface area contributed by atoms with Crippen molar-refractivity contribution < 1.29 is 13.2 Å². The van der Waals surface area contributed by atoms with Crippen LogP contribution in [0.2, 0.25) is 0 Å². The summed E-state index contributed by atoms with van der Waals surface area (Å²) in [6, 6.07) is 12.7. The lowest BCUT2D eigenvalue weighted by atomic mass is 9.88. The minimum Gasteiger partial charge on any atom is -0.489 e. The third-order valence-electron chi connectivity index (χ3n) is 6.69. The number of nitrogens with two attached hydrogens (primary N) is 1. The van der Waals surface area contributed by atoms with Gasteiger partial charge >= 0.3 is 0 Å². The molecule has 0 bridgehead atoms. The van der Waals surface area contributed by atoms with Crippen molar-refractivity contribution in [2.24, 2.45) is 0 Å². The molecule has 5 rings (SSSR count). The number of piperazine rings is 1. The molecule has 0 radical (unpaired) electrons. The van der Waals surface area contributed by atoms with Gasteiger partial charge in [-0.25, -0.2) is 18.1 Å². The van der Waals surface area contributed by atoms with Crippen molar-refractivity contribution in [3.8, 4) is 17.0 Å². The molecule has 2 heterocycles. The Kier molecular flexibility index (Phi) is 6.35. The fourth-order valence-corrected chi connectivity index (χ4v) is 5.36. The summed E-state index contributed by atoms with van der Waals surface area (Å²) in [6.45, 7) is 4.22. The smallest absolute Gasteiger partial charge is 0.240 e. The lowest BCUT2D eigenvalue weighted by Crippen LogP contribution is -2.45. The van der Waals surface area contributed by atoms with Crippen LogP contribution in [0, 0.1) is 0 Å². The number of aromatic nitrogens is 2. The quantitative estimate of drug-likeness (QED) is 0.535. The van der Waals surface area contributed by atoms with Crippen molar-refractivity contribution >= 4 is 21.8 Å². The van der Waals surface area contributed by atoms with Crippen LogP contribution in [-0.4, -0.2) is 63.6 Å². The first-order valence-electron chi connectivity index (χ1n) is 11.7. The van der Waals surface area contributed by atoms with E-state index in [1.807, 2.05) is 12.1 Å². The normalized spacial score (nSPS) is 16.0. The highest BCUT2D eigenvalue weighted by Gasteiger charge is 2.26. The third-order valence-corrected chi connectivity index (χ3v) is 8.12. The van der Waals surface area contributed by atoms with Gasteiger partial charge in [0.25, 0.3) is 0 Å². The topological polar surface area (TPSA) is 114 Å². The minimum atomic E-state index is -3.45. The summed E-state index contributed by atoms with van der Waals surface area (Å²) in [4.78, 5) is 14.1. The molecule has 1 aromatic heterocycles. The number of likely N-dealkylation sites (N-methyl/N-ethyl adjacent to an activating group) is 1. The number of fused-ring (bicyclic) bond motifs is 3. The van der Waals surface area contributed by atoms with Gasteiger partial charge in [-0.2, -0.15) is 4.98 Å². The summed E-state index contributed by atoms with van der Waals surface area (Å²) in [7, 11) is 0.0886. The van der Waals surface area contributed by atoms with Crippen molar-refractivity contribution in [3.63, 3.8) is 0 Å². The van der Waals surface area contributed by atoms with Crippen LogP contribution in [0.4, 0.5) is 11.8 Å². The number of nitrogens with zero attached hydrogens (tertiary/aromatic N) is 4. The van der Waals surface area contributed by atoms with Gasteiger partial charge in [-0.15, -0.1) is 0 Å². The van der Waals surface area contributed by atoms with Gasteiger partial charge in [0.15, 0.2) is 0 Å². The zero-order valence-corrected chi connectivity index (χ0v) is 20.8. The van der Waals surface area contributed by atoms with Crippen molar-refractivity contribution in [2.75, 3.05) is 50.9 Å². The maximum absolute atomic E-state index is 11.9. The number of ether oxygens (including phenoxy) is 1. The van der Waals surface area contributed by atoms with Gasteiger partial charge < -0.3 is 20.3 Å². The molecule has 2 aliphatic rings. The Morgan fingerprint density at radius 3 is 2.49 bits per heavy atom. The van der Waals surface area contributed by atoms with Crippen LogP contribution in [0.1, 0.15) is 16.7 Å². The molecule has 9 nitrogen and oxygen atoms in total. The third kappa shape index (κ3) is 4.82. The molecule has 3 aromatic rings. The highest BCUT2D eigenvalue weighted by molar-refractivity contribution is 7.89. The molecule has 2 aromatic carbocycles. The Bertz CT molecular complexity index is 1340. The maximum Gasteiger partial charge on any atom is 0.240 e. The van der Waals surface area contributed by atoms with E-state index in [0.29, 0.717) is 12.6 Å². The number of anilines is 2. The molecular formula is C25H30N6O3S. The number of rotatable bonds is 6. The maximum atomic E-state index is 11.9. The average Bonchev–Trinajstić information content (AvgIpc) is 2.87. The number of nitrogen functional groups attached to an aromatic ring is 1. The van der Waals surface area contributed by atoms with Gasteiger partial charge in [0.1, 0.15) is 18.2 Å². The van der Waals surface area contributed by atoms with E-state index in [4.69, 9.17) is 10.5 Å². The molecule has 1 saturated heterocycles. The molecule has 1 aliphatic heterocycles. The molecule has 10 heteroatoms. The van der Waals surface area contributed by atoms with Crippen molar-refractivity contribution in [1.29, 1.82) is 0 Å². The predicted molar refractivity (Wildman–Crippen MR) is 136 cm³/mol. The van der Waals surface area contributed by atoms with E-state index in [9.17, 15) is 8.42 Å². The largest absolute Gasteiger partial charge is 0.489 e. The fraction of sp³-hybridized carbons (Fsp3) is 0.360. The molecule has 35 heavy (non-hydrogen) atoms. The minimum absolute atomic E-state index is 0.230. The second kappa shape index (κ2) is 9.44. The van der Waals surface area contributed by atoms with Crippen LogP contribution in [-0.2, 0) is 29.5 Å². The van der Waals surface area contributed by atoms with E-state index in [1.165, 1.54) is 18.2 Å². The number of hydrogen-bond acceptors (Lipinski definition) is 8. The molecule has 0 spiro atoms. The monoisotopic (exact) mass is 494 g/mol. The Balaban J connectivity index is 1.35. The highest BCUT2D eigenvalue weighted by atomic mass is 32.2. The van der Waals surface area contributed by atoms with Crippen LogP contribution in [0.15, 0.2) is 47.4 Å². The zero-order valence-electron chi connectivity index (χ0n) is 20.0. The van der Waals surface area contributed by atoms with Gasteiger partial charge in [0.05, 0.1) is 10.6 Å². The number of benzene rings is 2. The van der Waals surface area contributed by atoms with Crippen LogP contribution in [0.3, 0.4) is 0 Å². The second-order valence-corrected chi connectivity index (χ2v) is 10.9. The summed E-state index contributed by atoms with van der Waals surface area (Å²) in [6.07, 6.45) is 1.74. The van der Waals surface area contributed by atoms with Crippen LogP contribution in [0.5, 0.6) is 5.75 Å². The molecule has 0 unspecified atom stereocenters. The van der Waals surface area contributed by atoms with E-state index >= 15 is 0 Å². The predicted octanol–water partition coefficient (Wildman–Crippen LogP) is 2.06. The first kappa shape index (κ1) is 23.5. The van der Waals surface area contributed by atoms with Crippen molar-refractivity contribution in [1.82, 2.24) is 19.6 Å². The molecule has 3 N–H and O–H groups in total. The molecule has 0 atom stereocenters. The molecule has 0 amide bonds. The zero-order chi connectivity index (χ0) is 24.6. The van der Waals surface area contributed by atoms with E-state index in [-0.39, 0.29) is 4.90 Å². The average molecular weight is 495 g/mol. The van der Waals surface area contributed by atoms with Gasteiger partial charge in [0, 0.05) is 37.3 Å². The standard InChI is InChI=1S/C25H30N6O3S/c1-27-35(32,33)20-7-3-17(4-8-20)16-34-19-6-10-21-18(15-19)5-9-22-23(21)28-25(26)29-24(22)31-13-11-30(2)12-14-31/h3-4,6-8,10,15,27H,5,9,11-14,16H2,1-2H3,(H2,26,28,29). The highest BCUT2D eigenvalue weighted by Crippen LogP contribution is 2.38. The van der Waals surface area contributed by atoms with Gasteiger partial charge in [-0.05, 0) is 68.4 Å². The SMILES string of the molecule is CNS(=O)(=O)c1ccc(COc2ccc3c(c2)CCc2c-3nc(N)nc2N2CCN(C)CC2)cc1. The molecular weight excluding hydrogens is 464 g/mol. The summed E-state index contributed by atoms with van der Waals surface area (Å²) in [5, 5.41) is 0. The van der Waals surface area contributed by atoms with Crippen LogP contribution in [0.25, 0.3) is 11.3 Å². The molecule has 0 saturated carbocycles. The van der Waals surface area contributed by atoms with Gasteiger partial charge in [0.2, 0.25) is 16.0 Å². The number of aryl methyl sites for hydroxylation is 1. The summed E-state index contributed by atoms with van der Waals surface area (Å²) in [5.41, 5.74) is 11.4. The summed E-state index contributed by atoms with van der Waals surface area (Å²) >= 11 is 0. The summed E-state index contributed by atoms with van der Waals surface area (Å²) in [5.74, 6) is 2.03. The van der Waals surface area contributed by atoms with E-state index in [1.54, 1.807) is 24.3 Å². The molecule has 184 valence electrons. The van der Waals surface area contributed by atoms with Crippen LogP contribution < -0.4 is 20.1 Å². The number of nitrogens with one attached hydrogen (secondary N) is 1. The Morgan fingerprint density at radius 1 is 1.03 bits per heavy atom. The van der Waals surface area contributed by atoms with Gasteiger partial charge in [-0.3, -0.25) is 0 Å². The van der Waals surface area contributed by atoms with E-state index in [0.717, 1.165) is 67.4 Å². The first-order chi connectivity index (χ1) is 16.8. The Labute approximate surface area is 206 Å². The Hall–Kier alpha value is -3.21. The van der Waals surface area contributed by atoms with E-state index in [2.05, 4.69) is 37.6 Å². The fourth-order valence-electron chi connectivity index (χ4n) is 4.63. The molecule has 1 fully saturated rings. The first-order valence-corrected chi connectivity index (χ1v) is 13.2. The lowest BCUT2D eigenvalue weighted by Gasteiger charge is -2.35. The lowest BCUT2D eigenvalue weighted by molar-refractivity contribution is 0.306. The number of hydrogen-bond donors (Lipinski definition) is 2.